The van der Waals surface area contributed by atoms with Gasteiger partial charge in [-0.2, -0.15) is 0 Å². The second-order valence-electron chi connectivity index (χ2n) is 3.29. The quantitative estimate of drug-likeness (QED) is 0.541. The molecule has 0 heterocycles. The molecule has 1 atom stereocenters. The summed E-state index contributed by atoms with van der Waals surface area (Å²) < 4.78 is 30.4. The normalized spacial score (nSPS) is 12.4. The van der Waals surface area contributed by atoms with Crippen LogP contribution < -0.4 is 4.18 Å². The Hall–Kier alpha value is -0.910. The minimum Gasteiger partial charge on any atom is -0.740 e. The molecule has 0 saturated heterocycles. The predicted molar refractivity (Wildman–Crippen MR) is 60.8 cm³/mol. The van der Waals surface area contributed by atoms with E-state index in [9.17, 15) is 8.76 Å². The summed E-state index contributed by atoms with van der Waals surface area (Å²) in [5, 5.41) is 0. The number of ether oxygens (including phenoxy) is 1. The zero-order valence-corrected chi connectivity index (χ0v) is 10.00. The van der Waals surface area contributed by atoms with Crippen LogP contribution in [0.2, 0.25) is 0 Å². The SMILES string of the molecule is CCCOCCc1ccc(OS(=O)[O-])cc1. The molecule has 5 heteroatoms. The van der Waals surface area contributed by atoms with Gasteiger partial charge in [-0.3, -0.25) is 0 Å². The molecule has 0 aliphatic rings. The Morgan fingerprint density at radius 1 is 1.25 bits per heavy atom. The third-order valence-electron chi connectivity index (χ3n) is 1.97. The molecule has 1 aromatic carbocycles. The summed E-state index contributed by atoms with van der Waals surface area (Å²) in [6, 6.07) is 6.92. The highest BCUT2D eigenvalue weighted by Crippen LogP contribution is 2.13. The molecule has 0 aliphatic carbocycles. The molecule has 1 aromatic rings. The topological polar surface area (TPSA) is 58.6 Å². The first-order valence-electron chi connectivity index (χ1n) is 5.16. The molecule has 1 rings (SSSR count). The zero-order chi connectivity index (χ0) is 11.8. The lowest BCUT2D eigenvalue weighted by Gasteiger charge is -2.07. The van der Waals surface area contributed by atoms with Gasteiger partial charge < -0.3 is 13.5 Å². The van der Waals surface area contributed by atoms with Crippen LogP contribution in [-0.4, -0.2) is 22.0 Å². The summed E-state index contributed by atoms with van der Waals surface area (Å²) in [5.41, 5.74) is 1.10. The highest BCUT2D eigenvalue weighted by molar-refractivity contribution is 7.74. The van der Waals surface area contributed by atoms with E-state index in [0.29, 0.717) is 12.4 Å². The molecule has 0 spiro atoms. The number of benzene rings is 1. The molecule has 0 radical (unpaired) electrons. The highest BCUT2D eigenvalue weighted by Gasteiger charge is 1.96. The summed E-state index contributed by atoms with van der Waals surface area (Å²) in [5.74, 6) is 0.326. The molecule has 0 bridgehead atoms. The predicted octanol–water partition coefficient (Wildman–Crippen LogP) is 1.83. The van der Waals surface area contributed by atoms with Gasteiger partial charge in [-0.15, -0.1) is 0 Å². The summed E-state index contributed by atoms with van der Waals surface area (Å²) in [4.78, 5) is 0. The minimum atomic E-state index is -2.51. The Kier molecular flexibility index (Phi) is 6.07. The average Bonchev–Trinajstić information content (AvgIpc) is 2.26. The summed E-state index contributed by atoms with van der Waals surface area (Å²) >= 11 is -2.51. The van der Waals surface area contributed by atoms with Crippen molar-refractivity contribution < 1.29 is 17.7 Å². The van der Waals surface area contributed by atoms with Gasteiger partial charge in [0.25, 0.3) is 0 Å². The summed E-state index contributed by atoms with van der Waals surface area (Å²) in [6.45, 7) is 3.52. The van der Waals surface area contributed by atoms with Crippen LogP contribution in [0, 0.1) is 0 Å². The van der Waals surface area contributed by atoms with Gasteiger partial charge in [0.2, 0.25) is 0 Å². The first-order valence-corrected chi connectivity index (χ1v) is 6.16. The smallest absolute Gasteiger partial charge is 0.139 e. The van der Waals surface area contributed by atoms with Gasteiger partial charge in [-0.25, -0.2) is 4.21 Å². The van der Waals surface area contributed by atoms with Gasteiger partial charge in [0.15, 0.2) is 0 Å². The van der Waals surface area contributed by atoms with Crippen molar-refractivity contribution in [2.45, 2.75) is 19.8 Å². The first kappa shape index (κ1) is 13.2. The maximum atomic E-state index is 10.3. The Morgan fingerprint density at radius 3 is 2.50 bits per heavy atom. The van der Waals surface area contributed by atoms with Gasteiger partial charge in [0.05, 0.1) is 6.61 Å². The maximum Gasteiger partial charge on any atom is 0.139 e. The van der Waals surface area contributed by atoms with Crippen molar-refractivity contribution in [3.63, 3.8) is 0 Å². The number of rotatable bonds is 7. The molecule has 0 aliphatic heterocycles. The molecule has 4 nitrogen and oxygen atoms in total. The lowest BCUT2D eigenvalue weighted by molar-refractivity contribution is 0.138. The van der Waals surface area contributed by atoms with E-state index < -0.39 is 11.4 Å². The third kappa shape index (κ3) is 5.25. The van der Waals surface area contributed by atoms with Crippen molar-refractivity contribution >= 4 is 11.4 Å². The average molecular weight is 243 g/mol. The molecular weight excluding hydrogens is 228 g/mol. The molecule has 1 unspecified atom stereocenters. The molecule has 0 fully saturated rings. The molecule has 0 N–H and O–H groups in total. The number of hydrogen-bond donors (Lipinski definition) is 0. The van der Waals surface area contributed by atoms with Crippen LogP contribution in [0.4, 0.5) is 0 Å². The van der Waals surface area contributed by atoms with Crippen molar-refractivity contribution in [3.05, 3.63) is 29.8 Å². The van der Waals surface area contributed by atoms with Gasteiger partial charge in [-0.05, 0) is 30.5 Å². The monoisotopic (exact) mass is 243 g/mol. The van der Waals surface area contributed by atoms with Crippen LogP contribution in [0.3, 0.4) is 0 Å². The van der Waals surface area contributed by atoms with E-state index in [-0.39, 0.29) is 0 Å². The Bertz CT molecular complexity index is 323. The van der Waals surface area contributed by atoms with E-state index in [4.69, 9.17) is 4.74 Å². The van der Waals surface area contributed by atoms with Crippen LogP contribution in [0.15, 0.2) is 24.3 Å². The number of hydrogen-bond acceptors (Lipinski definition) is 4. The summed E-state index contributed by atoms with van der Waals surface area (Å²) in [6.07, 6.45) is 1.84. The summed E-state index contributed by atoms with van der Waals surface area (Å²) in [7, 11) is 0. The minimum absolute atomic E-state index is 0.326. The van der Waals surface area contributed by atoms with Crippen molar-refractivity contribution in [1.82, 2.24) is 0 Å². The van der Waals surface area contributed by atoms with Crippen molar-refractivity contribution in [3.8, 4) is 5.75 Å². The maximum absolute atomic E-state index is 10.3. The lowest BCUT2D eigenvalue weighted by Crippen LogP contribution is -2.00. The van der Waals surface area contributed by atoms with Gasteiger partial charge >= 0.3 is 0 Å². The largest absolute Gasteiger partial charge is 0.740 e. The van der Waals surface area contributed by atoms with Gasteiger partial charge in [0, 0.05) is 6.61 Å². The van der Waals surface area contributed by atoms with E-state index in [1.807, 2.05) is 12.1 Å². The Balaban J connectivity index is 2.36. The Morgan fingerprint density at radius 2 is 1.94 bits per heavy atom. The molecule has 0 amide bonds. The van der Waals surface area contributed by atoms with E-state index >= 15 is 0 Å². The fraction of sp³-hybridized carbons (Fsp3) is 0.455. The second kappa shape index (κ2) is 7.38. The van der Waals surface area contributed by atoms with Gasteiger partial charge in [0.1, 0.15) is 17.1 Å². The second-order valence-corrected chi connectivity index (χ2v) is 3.87. The van der Waals surface area contributed by atoms with Crippen LogP contribution >= 0.6 is 0 Å². The van der Waals surface area contributed by atoms with E-state index in [2.05, 4.69) is 11.1 Å². The molecule has 0 saturated carbocycles. The standard InChI is InChI=1S/C11H16O4S/c1-2-8-14-9-7-10-3-5-11(6-4-10)15-16(12)13/h3-6H,2,7-9H2,1H3,(H,12,13)/p-1. The lowest BCUT2D eigenvalue weighted by atomic mass is 10.1. The van der Waals surface area contributed by atoms with Crippen LogP contribution in [0.25, 0.3) is 0 Å². The molecule has 16 heavy (non-hydrogen) atoms. The zero-order valence-electron chi connectivity index (χ0n) is 9.18. The van der Waals surface area contributed by atoms with Crippen molar-refractivity contribution in [2.24, 2.45) is 0 Å². The molecule has 90 valence electrons. The Labute approximate surface area is 98.1 Å². The van der Waals surface area contributed by atoms with Gasteiger partial charge in [-0.1, -0.05) is 19.1 Å². The van der Waals surface area contributed by atoms with E-state index in [1.54, 1.807) is 12.1 Å². The molecule has 0 aromatic heterocycles. The fourth-order valence-corrected chi connectivity index (χ4v) is 1.49. The van der Waals surface area contributed by atoms with Crippen LogP contribution in [0.1, 0.15) is 18.9 Å². The first-order chi connectivity index (χ1) is 7.72. The van der Waals surface area contributed by atoms with E-state index in [0.717, 1.165) is 25.0 Å². The van der Waals surface area contributed by atoms with Crippen LogP contribution in [0.5, 0.6) is 5.75 Å². The molecular formula is C11H15O4S-. The van der Waals surface area contributed by atoms with Crippen LogP contribution in [-0.2, 0) is 22.5 Å². The van der Waals surface area contributed by atoms with Crippen molar-refractivity contribution in [1.29, 1.82) is 0 Å². The third-order valence-corrected chi connectivity index (χ3v) is 2.30. The highest BCUT2D eigenvalue weighted by atomic mass is 32.2. The fourth-order valence-electron chi connectivity index (χ4n) is 1.23. The van der Waals surface area contributed by atoms with Crippen molar-refractivity contribution in [2.75, 3.05) is 13.2 Å². The van der Waals surface area contributed by atoms with E-state index in [1.165, 1.54) is 0 Å².